The summed E-state index contributed by atoms with van der Waals surface area (Å²) in [5, 5.41) is 15.9. The number of terminal acetylenes is 1. The lowest BCUT2D eigenvalue weighted by Gasteiger charge is -2.27. The predicted octanol–water partition coefficient (Wildman–Crippen LogP) is 1.04. The molecular weight excluding hydrogens is 280 g/mol. The quantitative estimate of drug-likeness (QED) is 0.823. The minimum Gasteiger partial charge on any atom is -0.338 e. The molecule has 0 fully saturated rings. The number of amides is 1. The molecule has 1 amide bonds. The second-order valence-corrected chi connectivity index (χ2v) is 5.14. The fourth-order valence-corrected chi connectivity index (χ4v) is 2.12. The fourth-order valence-electron chi connectivity index (χ4n) is 2.12. The highest BCUT2D eigenvalue weighted by Gasteiger charge is 2.25. The SMILES string of the molecule is C#CC(CC)(CC)NC(=O)Cn1nc(C)c(C)c(C#N)c1=O. The van der Waals surface area contributed by atoms with Gasteiger partial charge in [0.05, 0.1) is 5.69 Å². The Balaban J connectivity index is 3.10. The van der Waals surface area contributed by atoms with Gasteiger partial charge in [-0.3, -0.25) is 9.59 Å². The van der Waals surface area contributed by atoms with Crippen LogP contribution in [0.15, 0.2) is 4.79 Å². The van der Waals surface area contributed by atoms with Crippen molar-refractivity contribution in [1.82, 2.24) is 15.1 Å². The zero-order valence-electron chi connectivity index (χ0n) is 13.4. The summed E-state index contributed by atoms with van der Waals surface area (Å²) in [5.74, 6) is 2.20. The summed E-state index contributed by atoms with van der Waals surface area (Å²) in [6.07, 6.45) is 6.67. The van der Waals surface area contributed by atoms with Crippen LogP contribution in [0.25, 0.3) is 0 Å². The Bertz CT molecular complexity index is 715. The molecule has 1 aromatic rings. The van der Waals surface area contributed by atoms with Crippen LogP contribution in [-0.2, 0) is 11.3 Å². The van der Waals surface area contributed by atoms with Crippen molar-refractivity contribution in [2.45, 2.75) is 52.6 Å². The van der Waals surface area contributed by atoms with Crippen LogP contribution in [0.4, 0.5) is 0 Å². The lowest BCUT2D eigenvalue weighted by atomic mass is 9.94. The van der Waals surface area contributed by atoms with Crippen LogP contribution in [0.5, 0.6) is 0 Å². The number of nitriles is 1. The van der Waals surface area contributed by atoms with E-state index in [0.717, 1.165) is 4.68 Å². The van der Waals surface area contributed by atoms with E-state index >= 15 is 0 Å². The normalized spacial score (nSPS) is 10.6. The van der Waals surface area contributed by atoms with Gasteiger partial charge in [-0.25, -0.2) is 4.68 Å². The molecule has 0 saturated heterocycles. The van der Waals surface area contributed by atoms with Gasteiger partial charge in [-0.05, 0) is 32.3 Å². The molecule has 0 saturated carbocycles. The van der Waals surface area contributed by atoms with E-state index in [0.29, 0.717) is 24.1 Å². The summed E-state index contributed by atoms with van der Waals surface area (Å²) in [6.45, 7) is 6.85. The molecule has 0 aromatic carbocycles. The van der Waals surface area contributed by atoms with Gasteiger partial charge in [0.2, 0.25) is 5.91 Å². The van der Waals surface area contributed by atoms with Crippen LogP contribution < -0.4 is 10.9 Å². The topological polar surface area (TPSA) is 87.8 Å². The van der Waals surface area contributed by atoms with Crippen molar-refractivity contribution in [2.75, 3.05) is 0 Å². The minimum atomic E-state index is -0.724. The Morgan fingerprint density at radius 3 is 2.45 bits per heavy atom. The number of hydrogen-bond acceptors (Lipinski definition) is 4. The van der Waals surface area contributed by atoms with E-state index in [1.807, 2.05) is 19.9 Å². The van der Waals surface area contributed by atoms with Crippen LogP contribution in [0.1, 0.15) is 43.5 Å². The van der Waals surface area contributed by atoms with E-state index in [4.69, 9.17) is 11.7 Å². The molecule has 0 aliphatic heterocycles. The van der Waals surface area contributed by atoms with Crippen molar-refractivity contribution in [3.63, 3.8) is 0 Å². The van der Waals surface area contributed by atoms with E-state index in [2.05, 4.69) is 16.3 Å². The van der Waals surface area contributed by atoms with Gasteiger partial charge in [0.15, 0.2) is 0 Å². The Morgan fingerprint density at radius 1 is 1.41 bits per heavy atom. The minimum absolute atomic E-state index is 0.00879. The third-order valence-corrected chi connectivity index (χ3v) is 3.90. The molecule has 0 bridgehead atoms. The standard InChI is InChI=1S/C16H20N4O2/c1-6-16(7-2,8-3)18-14(21)10-20-15(22)13(9-17)11(4)12(5)19-20/h1H,7-8,10H2,2-5H3,(H,18,21). The summed E-state index contributed by atoms with van der Waals surface area (Å²) in [7, 11) is 0. The van der Waals surface area contributed by atoms with E-state index in [-0.39, 0.29) is 12.1 Å². The average Bonchev–Trinajstić information content (AvgIpc) is 2.51. The van der Waals surface area contributed by atoms with Crippen LogP contribution >= 0.6 is 0 Å². The Hall–Kier alpha value is -2.60. The van der Waals surface area contributed by atoms with Crippen molar-refractivity contribution in [3.8, 4) is 18.4 Å². The molecule has 0 unspecified atom stereocenters. The lowest BCUT2D eigenvalue weighted by molar-refractivity contribution is -0.123. The summed E-state index contributed by atoms with van der Waals surface area (Å²) in [5.41, 5.74) is -0.213. The second-order valence-electron chi connectivity index (χ2n) is 5.14. The van der Waals surface area contributed by atoms with Crippen molar-refractivity contribution >= 4 is 5.91 Å². The first-order chi connectivity index (χ1) is 10.3. The first kappa shape index (κ1) is 17.5. The number of rotatable bonds is 5. The fraction of sp³-hybridized carbons (Fsp3) is 0.500. The summed E-state index contributed by atoms with van der Waals surface area (Å²) >= 11 is 0. The Kier molecular flexibility index (Phi) is 5.48. The van der Waals surface area contributed by atoms with Crippen LogP contribution in [-0.4, -0.2) is 21.2 Å². The number of carbonyl (C=O) groups excluding carboxylic acids is 1. The largest absolute Gasteiger partial charge is 0.338 e. The van der Waals surface area contributed by atoms with Gasteiger partial charge in [0, 0.05) is 0 Å². The first-order valence-corrected chi connectivity index (χ1v) is 7.11. The zero-order chi connectivity index (χ0) is 16.9. The van der Waals surface area contributed by atoms with Crippen LogP contribution in [0.2, 0.25) is 0 Å². The van der Waals surface area contributed by atoms with Crippen molar-refractivity contribution in [1.29, 1.82) is 5.26 Å². The number of aromatic nitrogens is 2. The second kappa shape index (κ2) is 6.91. The Morgan fingerprint density at radius 2 is 2.00 bits per heavy atom. The molecule has 0 aliphatic rings. The maximum absolute atomic E-state index is 12.2. The average molecular weight is 300 g/mol. The molecule has 22 heavy (non-hydrogen) atoms. The molecule has 6 nitrogen and oxygen atoms in total. The van der Waals surface area contributed by atoms with Gasteiger partial charge in [-0.15, -0.1) is 6.42 Å². The molecular formula is C16H20N4O2. The van der Waals surface area contributed by atoms with E-state index in [1.165, 1.54) is 0 Å². The third-order valence-electron chi connectivity index (χ3n) is 3.90. The maximum Gasteiger partial charge on any atom is 0.285 e. The molecule has 6 heteroatoms. The van der Waals surface area contributed by atoms with Gasteiger partial charge in [0.1, 0.15) is 23.7 Å². The van der Waals surface area contributed by atoms with Gasteiger partial charge in [-0.1, -0.05) is 19.8 Å². The lowest BCUT2D eigenvalue weighted by Crippen LogP contribution is -2.48. The van der Waals surface area contributed by atoms with Gasteiger partial charge in [0.25, 0.3) is 5.56 Å². The summed E-state index contributed by atoms with van der Waals surface area (Å²) in [6, 6.07) is 1.86. The summed E-state index contributed by atoms with van der Waals surface area (Å²) in [4.78, 5) is 24.3. The van der Waals surface area contributed by atoms with Crippen molar-refractivity contribution in [2.24, 2.45) is 0 Å². The number of aryl methyl sites for hydroxylation is 1. The number of nitrogens with zero attached hydrogens (tertiary/aromatic N) is 3. The monoisotopic (exact) mass is 300 g/mol. The maximum atomic E-state index is 12.2. The van der Waals surface area contributed by atoms with Crippen molar-refractivity contribution in [3.05, 3.63) is 27.2 Å². The molecule has 0 aliphatic carbocycles. The molecule has 1 rings (SSSR count). The first-order valence-electron chi connectivity index (χ1n) is 7.11. The molecule has 1 heterocycles. The number of hydrogen-bond donors (Lipinski definition) is 1. The predicted molar refractivity (Wildman–Crippen MR) is 83.0 cm³/mol. The van der Waals surface area contributed by atoms with Crippen LogP contribution in [0.3, 0.4) is 0 Å². The number of carbonyl (C=O) groups is 1. The third kappa shape index (κ3) is 3.35. The molecule has 0 spiro atoms. The van der Waals surface area contributed by atoms with Gasteiger partial charge >= 0.3 is 0 Å². The summed E-state index contributed by atoms with van der Waals surface area (Å²) < 4.78 is 1.00. The highest BCUT2D eigenvalue weighted by Crippen LogP contribution is 2.13. The molecule has 116 valence electrons. The highest BCUT2D eigenvalue weighted by atomic mass is 16.2. The molecule has 1 aromatic heterocycles. The molecule has 0 radical (unpaired) electrons. The van der Waals surface area contributed by atoms with Crippen molar-refractivity contribution < 1.29 is 4.79 Å². The van der Waals surface area contributed by atoms with E-state index < -0.39 is 17.0 Å². The van der Waals surface area contributed by atoms with Gasteiger partial charge < -0.3 is 5.32 Å². The van der Waals surface area contributed by atoms with Gasteiger partial charge in [-0.2, -0.15) is 10.4 Å². The smallest absolute Gasteiger partial charge is 0.285 e. The zero-order valence-corrected chi connectivity index (χ0v) is 13.4. The number of nitrogens with one attached hydrogen (secondary N) is 1. The van der Waals surface area contributed by atoms with E-state index in [1.54, 1.807) is 13.8 Å². The van der Waals surface area contributed by atoms with E-state index in [9.17, 15) is 9.59 Å². The van der Waals surface area contributed by atoms with Crippen LogP contribution in [0, 0.1) is 37.5 Å². The molecule has 1 N–H and O–H groups in total. The Labute approximate surface area is 130 Å². The molecule has 0 atom stereocenters. The highest BCUT2D eigenvalue weighted by molar-refractivity contribution is 5.77.